The molecule has 1 atom stereocenters. The molecule has 14 heavy (non-hydrogen) atoms. The molecule has 0 amide bonds. The van der Waals surface area contributed by atoms with Crippen LogP contribution in [0.4, 0.5) is 0 Å². The molecule has 1 heterocycles. The van der Waals surface area contributed by atoms with E-state index in [2.05, 4.69) is 47.4 Å². The van der Waals surface area contributed by atoms with E-state index in [-0.39, 0.29) is 12.4 Å². The fourth-order valence-electron chi connectivity index (χ4n) is 1.56. The maximum Gasteiger partial charge on any atom is 0.0187 e. The third kappa shape index (κ3) is 3.52. The largest absolute Gasteiger partial charge is 0.316 e. The maximum atomic E-state index is 3.39. The van der Waals surface area contributed by atoms with Crippen LogP contribution >= 0.6 is 24.2 Å². The minimum absolute atomic E-state index is 0. The third-order valence-electron chi connectivity index (χ3n) is 2.34. The minimum atomic E-state index is 0. The molecule has 0 saturated carbocycles. The molecule has 1 aromatic rings. The Bertz CT molecular complexity index is 247. The molecular formula is C11H16ClNS. The average molecular weight is 230 g/mol. The summed E-state index contributed by atoms with van der Waals surface area (Å²) in [5.41, 5.74) is 1.44. The van der Waals surface area contributed by atoms with E-state index in [4.69, 9.17) is 0 Å². The summed E-state index contributed by atoms with van der Waals surface area (Å²) in [6.07, 6.45) is 1.33. The van der Waals surface area contributed by atoms with Crippen molar-refractivity contribution in [3.05, 3.63) is 35.9 Å². The molecule has 78 valence electrons. The van der Waals surface area contributed by atoms with Crippen molar-refractivity contribution in [2.45, 2.75) is 17.4 Å². The average Bonchev–Trinajstić information content (AvgIpc) is 2.69. The van der Waals surface area contributed by atoms with Crippen LogP contribution in [0.25, 0.3) is 0 Å². The van der Waals surface area contributed by atoms with Crippen LogP contribution < -0.4 is 5.32 Å². The Morgan fingerprint density at radius 3 is 2.71 bits per heavy atom. The second kappa shape index (κ2) is 6.33. The van der Waals surface area contributed by atoms with Gasteiger partial charge in [-0.3, -0.25) is 0 Å². The van der Waals surface area contributed by atoms with Gasteiger partial charge in [0.1, 0.15) is 0 Å². The summed E-state index contributed by atoms with van der Waals surface area (Å²) in [5, 5.41) is 4.22. The van der Waals surface area contributed by atoms with Gasteiger partial charge in [0, 0.05) is 17.5 Å². The lowest BCUT2D eigenvalue weighted by Gasteiger charge is -2.07. The highest BCUT2D eigenvalue weighted by Crippen LogP contribution is 2.21. The van der Waals surface area contributed by atoms with Gasteiger partial charge in [-0.2, -0.15) is 11.8 Å². The highest BCUT2D eigenvalue weighted by Gasteiger charge is 2.13. The quantitative estimate of drug-likeness (QED) is 0.856. The molecule has 0 spiro atoms. The molecule has 1 aromatic carbocycles. The normalized spacial score (nSPS) is 20.4. The van der Waals surface area contributed by atoms with Crippen LogP contribution in [0.1, 0.15) is 12.0 Å². The van der Waals surface area contributed by atoms with E-state index in [0.29, 0.717) is 0 Å². The van der Waals surface area contributed by atoms with Crippen LogP contribution in [-0.2, 0) is 5.75 Å². The van der Waals surface area contributed by atoms with Crippen molar-refractivity contribution in [1.29, 1.82) is 0 Å². The van der Waals surface area contributed by atoms with E-state index in [1.807, 2.05) is 0 Å². The van der Waals surface area contributed by atoms with Gasteiger partial charge in [0.2, 0.25) is 0 Å². The van der Waals surface area contributed by atoms with E-state index < -0.39 is 0 Å². The van der Waals surface area contributed by atoms with Crippen molar-refractivity contribution in [2.24, 2.45) is 0 Å². The lowest BCUT2D eigenvalue weighted by molar-refractivity contribution is 0.858. The number of halogens is 1. The van der Waals surface area contributed by atoms with E-state index in [1.165, 1.54) is 25.1 Å². The van der Waals surface area contributed by atoms with Gasteiger partial charge in [0.25, 0.3) is 0 Å². The first-order valence-electron chi connectivity index (χ1n) is 4.81. The molecule has 1 saturated heterocycles. The predicted octanol–water partition coefficient (Wildman–Crippen LogP) is 2.70. The van der Waals surface area contributed by atoms with Crippen molar-refractivity contribution < 1.29 is 0 Å². The van der Waals surface area contributed by atoms with Gasteiger partial charge in [-0.25, -0.2) is 0 Å². The van der Waals surface area contributed by atoms with E-state index in [9.17, 15) is 0 Å². The molecule has 2 rings (SSSR count). The molecule has 1 nitrogen and oxygen atoms in total. The van der Waals surface area contributed by atoms with E-state index >= 15 is 0 Å². The van der Waals surface area contributed by atoms with Crippen molar-refractivity contribution >= 4 is 24.2 Å². The minimum Gasteiger partial charge on any atom is -0.316 e. The summed E-state index contributed by atoms with van der Waals surface area (Å²) in [4.78, 5) is 0. The van der Waals surface area contributed by atoms with Gasteiger partial charge in [-0.15, -0.1) is 12.4 Å². The first-order chi connectivity index (χ1) is 6.45. The van der Waals surface area contributed by atoms with Crippen LogP contribution in [0.15, 0.2) is 30.3 Å². The summed E-state index contributed by atoms with van der Waals surface area (Å²) in [5.74, 6) is 1.16. The molecule has 3 heteroatoms. The third-order valence-corrected chi connectivity index (χ3v) is 3.72. The fourth-order valence-corrected chi connectivity index (χ4v) is 2.70. The topological polar surface area (TPSA) is 12.0 Å². The molecular weight excluding hydrogens is 214 g/mol. The molecule has 0 aromatic heterocycles. The standard InChI is InChI=1S/C11H15NS.ClH/c1-2-4-10(5-3-1)9-13-11-6-7-12-8-11;/h1-5,11-12H,6-9H2;1H/t11-;/m1./s1. The number of hydrogen-bond donors (Lipinski definition) is 1. The van der Waals surface area contributed by atoms with Gasteiger partial charge < -0.3 is 5.32 Å². The SMILES string of the molecule is Cl.c1ccc(CS[C@@H]2CCNC2)cc1. The first-order valence-corrected chi connectivity index (χ1v) is 5.86. The van der Waals surface area contributed by atoms with Crippen molar-refractivity contribution in [2.75, 3.05) is 13.1 Å². The van der Waals surface area contributed by atoms with Gasteiger partial charge in [-0.1, -0.05) is 30.3 Å². The van der Waals surface area contributed by atoms with Gasteiger partial charge in [-0.05, 0) is 18.5 Å². The van der Waals surface area contributed by atoms with E-state index in [0.717, 1.165) is 11.0 Å². The smallest absolute Gasteiger partial charge is 0.0187 e. The maximum absolute atomic E-state index is 3.39. The summed E-state index contributed by atoms with van der Waals surface area (Å²) >= 11 is 2.07. The second-order valence-corrected chi connectivity index (χ2v) is 4.70. The van der Waals surface area contributed by atoms with Crippen LogP contribution in [-0.4, -0.2) is 18.3 Å². The monoisotopic (exact) mass is 229 g/mol. The highest BCUT2D eigenvalue weighted by atomic mass is 35.5. The number of hydrogen-bond acceptors (Lipinski definition) is 2. The molecule has 0 aliphatic carbocycles. The van der Waals surface area contributed by atoms with Crippen molar-refractivity contribution in [3.63, 3.8) is 0 Å². The van der Waals surface area contributed by atoms with Gasteiger partial charge >= 0.3 is 0 Å². The Hall–Kier alpha value is -0.180. The van der Waals surface area contributed by atoms with Crippen LogP contribution in [0.3, 0.4) is 0 Å². The Kier molecular flexibility index (Phi) is 5.38. The molecule has 0 unspecified atom stereocenters. The Morgan fingerprint density at radius 1 is 1.29 bits per heavy atom. The Labute approximate surface area is 96.1 Å². The molecule has 1 aliphatic heterocycles. The lowest BCUT2D eigenvalue weighted by Crippen LogP contribution is -2.10. The lowest BCUT2D eigenvalue weighted by atomic mass is 10.2. The second-order valence-electron chi connectivity index (χ2n) is 3.41. The van der Waals surface area contributed by atoms with Gasteiger partial charge in [0.15, 0.2) is 0 Å². The Balaban J connectivity index is 0.000000980. The van der Waals surface area contributed by atoms with Crippen molar-refractivity contribution in [3.8, 4) is 0 Å². The van der Waals surface area contributed by atoms with Crippen LogP contribution in [0.2, 0.25) is 0 Å². The summed E-state index contributed by atoms with van der Waals surface area (Å²) in [6, 6.07) is 10.7. The van der Waals surface area contributed by atoms with E-state index in [1.54, 1.807) is 0 Å². The zero-order chi connectivity index (χ0) is 8.93. The zero-order valence-electron chi connectivity index (χ0n) is 8.11. The Morgan fingerprint density at radius 2 is 2.07 bits per heavy atom. The van der Waals surface area contributed by atoms with Crippen LogP contribution in [0.5, 0.6) is 0 Å². The predicted molar refractivity (Wildman–Crippen MR) is 66.3 cm³/mol. The molecule has 1 aliphatic rings. The molecule has 1 fully saturated rings. The summed E-state index contributed by atoms with van der Waals surface area (Å²) in [7, 11) is 0. The highest BCUT2D eigenvalue weighted by molar-refractivity contribution is 7.99. The molecule has 0 radical (unpaired) electrons. The number of rotatable bonds is 3. The first kappa shape index (κ1) is 11.9. The summed E-state index contributed by atoms with van der Waals surface area (Å²) < 4.78 is 0. The molecule has 0 bridgehead atoms. The summed E-state index contributed by atoms with van der Waals surface area (Å²) in [6.45, 7) is 2.39. The molecule has 1 N–H and O–H groups in total. The number of nitrogens with one attached hydrogen (secondary N) is 1. The fraction of sp³-hybridized carbons (Fsp3) is 0.455. The number of benzene rings is 1. The zero-order valence-corrected chi connectivity index (χ0v) is 9.74. The van der Waals surface area contributed by atoms with Crippen molar-refractivity contribution in [1.82, 2.24) is 5.32 Å². The van der Waals surface area contributed by atoms with Crippen LogP contribution in [0, 0.1) is 0 Å². The van der Waals surface area contributed by atoms with Gasteiger partial charge in [0.05, 0.1) is 0 Å². The number of thioether (sulfide) groups is 1.